The molecule has 0 spiro atoms. The summed E-state index contributed by atoms with van der Waals surface area (Å²) in [6, 6.07) is -3.21. The van der Waals surface area contributed by atoms with Crippen LogP contribution < -0.4 is 38.9 Å². The van der Waals surface area contributed by atoms with Gasteiger partial charge in [0.15, 0.2) is 5.96 Å². The van der Waals surface area contributed by atoms with E-state index in [1.165, 1.54) is 0 Å². The van der Waals surface area contributed by atoms with E-state index in [-0.39, 0.29) is 37.7 Å². The molecule has 0 fully saturated rings. The molecule has 0 aliphatic rings. The van der Waals surface area contributed by atoms with Crippen molar-refractivity contribution in [3.63, 3.8) is 0 Å². The standard InChI is InChI=1S/C19H36N8O6/c1-10(2)8-11(20)16(30)27-12(5-6-14(21)28)17(31)25-9-15(29)26-13(18(32)33)4-3-7-24-19(22)23/h10-13H,3-9,20H2,1-2H3,(H2,21,28)(H,25,31)(H,26,29)(H,27,30)(H,32,33)(H4,22,23,24). The van der Waals surface area contributed by atoms with Gasteiger partial charge in [-0.25, -0.2) is 4.79 Å². The molecule has 3 atom stereocenters. The Labute approximate surface area is 192 Å². The highest BCUT2D eigenvalue weighted by molar-refractivity contribution is 5.92. The van der Waals surface area contributed by atoms with E-state index in [9.17, 15) is 29.1 Å². The molecule has 0 radical (unpaired) electrons. The van der Waals surface area contributed by atoms with Crippen molar-refractivity contribution in [3.05, 3.63) is 0 Å². The number of rotatable bonds is 16. The highest BCUT2D eigenvalue weighted by Crippen LogP contribution is 2.05. The van der Waals surface area contributed by atoms with Crippen LogP contribution in [0.2, 0.25) is 0 Å². The zero-order valence-corrected chi connectivity index (χ0v) is 19.0. The van der Waals surface area contributed by atoms with Gasteiger partial charge in [0.05, 0.1) is 12.6 Å². The third kappa shape index (κ3) is 14.3. The summed E-state index contributed by atoms with van der Waals surface area (Å²) in [5.74, 6) is -3.98. The Hall–Kier alpha value is -3.42. The van der Waals surface area contributed by atoms with Gasteiger partial charge in [-0.2, -0.15) is 0 Å². The first-order valence-corrected chi connectivity index (χ1v) is 10.5. The summed E-state index contributed by atoms with van der Waals surface area (Å²) in [5.41, 5.74) is 21.3. The molecular weight excluding hydrogens is 436 g/mol. The summed E-state index contributed by atoms with van der Waals surface area (Å²) >= 11 is 0. The summed E-state index contributed by atoms with van der Waals surface area (Å²) < 4.78 is 0. The van der Waals surface area contributed by atoms with Crippen LogP contribution in [0, 0.1) is 5.92 Å². The van der Waals surface area contributed by atoms with Gasteiger partial charge < -0.3 is 44.0 Å². The van der Waals surface area contributed by atoms with Gasteiger partial charge >= 0.3 is 5.97 Å². The number of aliphatic imine (C=N–C) groups is 1. The van der Waals surface area contributed by atoms with Crippen molar-refractivity contribution in [1.82, 2.24) is 16.0 Å². The first-order valence-electron chi connectivity index (χ1n) is 10.5. The summed E-state index contributed by atoms with van der Waals surface area (Å²) in [6.07, 6.45) is 0.487. The van der Waals surface area contributed by atoms with Crippen molar-refractivity contribution in [2.75, 3.05) is 13.1 Å². The van der Waals surface area contributed by atoms with E-state index in [0.717, 1.165) is 0 Å². The summed E-state index contributed by atoms with van der Waals surface area (Å²) in [5, 5.41) is 16.3. The van der Waals surface area contributed by atoms with Crippen LogP contribution in [-0.4, -0.2) is 71.9 Å². The van der Waals surface area contributed by atoms with Crippen LogP contribution in [0.15, 0.2) is 4.99 Å². The van der Waals surface area contributed by atoms with Gasteiger partial charge in [-0.3, -0.25) is 24.2 Å². The molecule has 0 saturated carbocycles. The number of nitrogens with one attached hydrogen (secondary N) is 3. The lowest BCUT2D eigenvalue weighted by molar-refractivity contribution is -0.142. The van der Waals surface area contributed by atoms with Crippen LogP contribution in [0.3, 0.4) is 0 Å². The molecule has 0 aliphatic heterocycles. The van der Waals surface area contributed by atoms with Gasteiger partial charge in [0.2, 0.25) is 23.6 Å². The Kier molecular flexibility index (Phi) is 13.8. The Morgan fingerprint density at radius 3 is 2.09 bits per heavy atom. The molecule has 0 saturated heterocycles. The fourth-order valence-corrected chi connectivity index (χ4v) is 2.75. The Morgan fingerprint density at radius 2 is 1.58 bits per heavy atom. The van der Waals surface area contributed by atoms with Gasteiger partial charge in [-0.1, -0.05) is 13.8 Å². The molecule has 0 heterocycles. The molecule has 0 aliphatic carbocycles. The molecule has 12 N–H and O–H groups in total. The lowest BCUT2D eigenvalue weighted by Crippen LogP contribution is -2.53. The second-order valence-corrected chi connectivity index (χ2v) is 7.93. The number of aliphatic carboxylic acids is 1. The number of nitrogens with zero attached hydrogens (tertiary/aromatic N) is 1. The Balaban J connectivity index is 4.87. The van der Waals surface area contributed by atoms with Crippen LogP contribution >= 0.6 is 0 Å². The first kappa shape index (κ1) is 29.6. The molecule has 0 aromatic heterocycles. The Bertz CT molecular complexity index is 723. The molecule has 0 aromatic rings. The number of guanidine groups is 1. The number of carbonyl (C=O) groups is 5. The van der Waals surface area contributed by atoms with E-state index in [2.05, 4.69) is 20.9 Å². The lowest BCUT2D eigenvalue weighted by Gasteiger charge is -2.21. The number of carboxylic acid groups (broad SMARTS) is 1. The van der Waals surface area contributed by atoms with Gasteiger partial charge in [0.25, 0.3) is 0 Å². The average Bonchev–Trinajstić information content (AvgIpc) is 2.70. The maximum Gasteiger partial charge on any atom is 0.326 e. The molecule has 3 unspecified atom stereocenters. The monoisotopic (exact) mass is 472 g/mol. The molecule has 0 rings (SSSR count). The molecular formula is C19H36N8O6. The molecule has 14 heteroatoms. The van der Waals surface area contributed by atoms with Crippen molar-refractivity contribution < 1.29 is 29.1 Å². The zero-order chi connectivity index (χ0) is 25.6. The number of amides is 4. The smallest absolute Gasteiger partial charge is 0.326 e. The summed E-state index contributed by atoms with van der Waals surface area (Å²) in [6.45, 7) is 3.42. The van der Waals surface area contributed by atoms with E-state index in [4.69, 9.17) is 22.9 Å². The van der Waals surface area contributed by atoms with E-state index >= 15 is 0 Å². The molecule has 4 amide bonds. The minimum absolute atomic E-state index is 0.0663. The van der Waals surface area contributed by atoms with Gasteiger partial charge in [-0.15, -0.1) is 0 Å². The normalized spacial score (nSPS) is 13.3. The maximum atomic E-state index is 12.5. The van der Waals surface area contributed by atoms with Crippen molar-refractivity contribution in [3.8, 4) is 0 Å². The highest BCUT2D eigenvalue weighted by Gasteiger charge is 2.26. The van der Waals surface area contributed by atoms with Crippen LogP contribution in [-0.2, 0) is 24.0 Å². The minimum Gasteiger partial charge on any atom is -0.480 e. The van der Waals surface area contributed by atoms with Crippen molar-refractivity contribution >= 4 is 35.6 Å². The van der Waals surface area contributed by atoms with Crippen LogP contribution in [0.1, 0.15) is 46.0 Å². The molecule has 188 valence electrons. The third-order valence-corrected chi connectivity index (χ3v) is 4.38. The van der Waals surface area contributed by atoms with Crippen molar-refractivity contribution in [1.29, 1.82) is 0 Å². The minimum atomic E-state index is -1.26. The number of hydrogen-bond acceptors (Lipinski definition) is 7. The van der Waals surface area contributed by atoms with E-state index in [0.29, 0.717) is 12.8 Å². The highest BCUT2D eigenvalue weighted by atomic mass is 16.4. The second-order valence-electron chi connectivity index (χ2n) is 7.93. The van der Waals surface area contributed by atoms with E-state index in [1.807, 2.05) is 13.8 Å². The van der Waals surface area contributed by atoms with Gasteiger partial charge in [0.1, 0.15) is 12.1 Å². The SMILES string of the molecule is CC(C)CC(N)C(=O)NC(CCC(N)=O)C(=O)NCC(=O)NC(CCCN=C(N)N)C(=O)O. The number of carboxylic acids is 1. The third-order valence-electron chi connectivity index (χ3n) is 4.38. The summed E-state index contributed by atoms with van der Waals surface area (Å²) in [7, 11) is 0. The van der Waals surface area contributed by atoms with E-state index in [1.54, 1.807) is 0 Å². The zero-order valence-electron chi connectivity index (χ0n) is 19.0. The average molecular weight is 473 g/mol. The van der Waals surface area contributed by atoms with Gasteiger partial charge in [-0.05, 0) is 31.6 Å². The predicted molar refractivity (Wildman–Crippen MR) is 120 cm³/mol. The van der Waals surface area contributed by atoms with Crippen LogP contribution in [0.25, 0.3) is 0 Å². The van der Waals surface area contributed by atoms with Crippen LogP contribution in [0.5, 0.6) is 0 Å². The number of carbonyl (C=O) groups excluding carboxylic acids is 4. The van der Waals surface area contributed by atoms with Crippen molar-refractivity contribution in [2.24, 2.45) is 33.8 Å². The van der Waals surface area contributed by atoms with Crippen molar-refractivity contribution in [2.45, 2.75) is 64.1 Å². The summed E-state index contributed by atoms with van der Waals surface area (Å²) in [4.78, 5) is 63.0. The topological polar surface area (TPSA) is 258 Å². The van der Waals surface area contributed by atoms with E-state index < -0.39 is 54.3 Å². The fraction of sp³-hybridized carbons (Fsp3) is 0.684. The van der Waals surface area contributed by atoms with Gasteiger partial charge in [0, 0.05) is 13.0 Å². The maximum absolute atomic E-state index is 12.5. The number of primary amides is 1. The molecule has 14 nitrogen and oxygen atoms in total. The first-order chi connectivity index (χ1) is 15.3. The Morgan fingerprint density at radius 1 is 0.939 bits per heavy atom. The number of hydrogen-bond donors (Lipinski definition) is 8. The second kappa shape index (κ2) is 15.4. The molecule has 0 aromatic carbocycles. The molecule has 0 bridgehead atoms. The largest absolute Gasteiger partial charge is 0.480 e. The fourth-order valence-electron chi connectivity index (χ4n) is 2.75. The number of nitrogens with two attached hydrogens (primary N) is 4. The predicted octanol–water partition coefficient (Wildman–Crippen LogP) is -3.15. The van der Waals surface area contributed by atoms with Crippen LogP contribution in [0.4, 0.5) is 0 Å². The lowest BCUT2D eigenvalue weighted by atomic mass is 10.0. The molecule has 33 heavy (non-hydrogen) atoms. The quantitative estimate of drug-likeness (QED) is 0.0639.